The monoisotopic (exact) mass is 473 g/mol. The van der Waals surface area contributed by atoms with E-state index in [9.17, 15) is 9.59 Å². The molecule has 3 aromatic carbocycles. The third-order valence-corrected chi connectivity index (χ3v) is 5.78. The van der Waals surface area contributed by atoms with E-state index in [-0.39, 0.29) is 18.2 Å². The van der Waals surface area contributed by atoms with E-state index in [4.69, 9.17) is 14.2 Å². The van der Waals surface area contributed by atoms with Gasteiger partial charge in [0.15, 0.2) is 17.2 Å². The molecule has 8 nitrogen and oxygen atoms in total. The van der Waals surface area contributed by atoms with Crippen LogP contribution in [0.3, 0.4) is 0 Å². The van der Waals surface area contributed by atoms with Crippen LogP contribution in [-0.2, 0) is 10.2 Å². The number of hydrogen-bond donors (Lipinski definition) is 2. The van der Waals surface area contributed by atoms with E-state index in [1.54, 1.807) is 31.4 Å². The average Bonchev–Trinajstić information content (AvgIpc) is 3.31. The van der Waals surface area contributed by atoms with Gasteiger partial charge in [-0.15, -0.1) is 0 Å². The SMILES string of the molecule is COc1ccc(C(=O)Nc2cccc(C(C)(C)COC(=O)c3n[nH]c4ccccc34)c2)cc1OC. The Morgan fingerprint density at radius 3 is 2.49 bits per heavy atom. The number of nitrogens with one attached hydrogen (secondary N) is 2. The molecule has 0 bridgehead atoms. The molecule has 180 valence electrons. The summed E-state index contributed by atoms with van der Waals surface area (Å²) in [5.41, 5.74) is 2.49. The number of methoxy groups -OCH3 is 2. The van der Waals surface area contributed by atoms with Crippen LogP contribution < -0.4 is 14.8 Å². The number of fused-ring (bicyclic) bond motifs is 1. The third kappa shape index (κ3) is 5.11. The van der Waals surface area contributed by atoms with Crippen LogP contribution in [0.15, 0.2) is 66.7 Å². The maximum Gasteiger partial charge on any atom is 0.359 e. The van der Waals surface area contributed by atoms with Crippen molar-refractivity contribution in [2.45, 2.75) is 19.3 Å². The minimum Gasteiger partial charge on any atom is -0.493 e. The molecular weight excluding hydrogens is 446 g/mol. The normalized spacial score (nSPS) is 11.2. The summed E-state index contributed by atoms with van der Waals surface area (Å²) in [4.78, 5) is 25.5. The number of aromatic nitrogens is 2. The highest BCUT2D eigenvalue weighted by Gasteiger charge is 2.25. The molecule has 0 aliphatic heterocycles. The summed E-state index contributed by atoms with van der Waals surface area (Å²) in [6.07, 6.45) is 0. The van der Waals surface area contributed by atoms with Crippen molar-refractivity contribution in [3.05, 3.63) is 83.6 Å². The molecule has 4 rings (SSSR count). The molecule has 0 radical (unpaired) electrons. The van der Waals surface area contributed by atoms with Gasteiger partial charge >= 0.3 is 5.97 Å². The number of ether oxygens (including phenoxy) is 3. The quantitative estimate of drug-likeness (QED) is 0.351. The fourth-order valence-corrected chi connectivity index (χ4v) is 3.72. The highest BCUT2D eigenvalue weighted by atomic mass is 16.5. The summed E-state index contributed by atoms with van der Waals surface area (Å²) in [5, 5.41) is 10.6. The van der Waals surface area contributed by atoms with Crippen LogP contribution in [0.4, 0.5) is 5.69 Å². The molecular formula is C27H27N3O5. The number of aromatic amines is 1. The Kier molecular flexibility index (Phi) is 6.73. The summed E-state index contributed by atoms with van der Waals surface area (Å²) in [7, 11) is 3.06. The minimum absolute atomic E-state index is 0.139. The largest absolute Gasteiger partial charge is 0.493 e. The molecule has 0 saturated heterocycles. The highest BCUT2D eigenvalue weighted by molar-refractivity contribution is 6.04. The molecule has 2 N–H and O–H groups in total. The lowest BCUT2D eigenvalue weighted by Crippen LogP contribution is -2.26. The van der Waals surface area contributed by atoms with Crippen molar-refractivity contribution < 1.29 is 23.8 Å². The Hall–Kier alpha value is -4.33. The summed E-state index contributed by atoms with van der Waals surface area (Å²) in [6.45, 7) is 4.08. The number of benzene rings is 3. The average molecular weight is 474 g/mol. The fraction of sp³-hybridized carbons (Fsp3) is 0.222. The van der Waals surface area contributed by atoms with Crippen molar-refractivity contribution >= 4 is 28.5 Å². The van der Waals surface area contributed by atoms with Crippen LogP contribution in [0.1, 0.15) is 40.3 Å². The zero-order chi connectivity index (χ0) is 25.0. The number of carbonyl (C=O) groups is 2. The first-order chi connectivity index (χ1) is 16.8. The molecule has 0 fully saturated rings. The number of amides is 1. The van der Waals surface area contributed by atoms with Crippen LogP contribution in [-0.4, -0.2) is 42.9 Å². The molecule has 8 heteroatoms. The number of rotatable bonds is 8. The lowest BCUT2D eigenvalue weighted by Gasteiger charge is -2.25. The van der Waals surface area contributed by atoms with Crippen molar-refractivity contribution in [1.29, 1.82) is 0 Å². The second-order valence-electron chi connectivity index (χ2n) is 8.68. The van der Waals surface area contributed by atoms with Crippen LogP contribution in [0.5, 0.6) is 11.5 Å². The van der Waals surface area contributed by atoms with E-state index in [0.717, 1.165) is 16.5 Å². The number of hydrogen-bond acceptors (Lipinski definition) is 6. The molecule has 1 amide bonds. The second kappa shape index (κ2) is 9.89. The molecule has 1 aromatic heterocycles. The third-order valence-electron chi connectivity index (χ3n) is 5.78. The number of H-pyrrole nitrogens is 1. The lowest BCUT2D eigenvalue weighted by molar-refractivity contribution is 0.0422. The van der Waals surface area contributed by atoms with Crippen LogP contribution in [0.25, 0.3) is 10.9 Å². The Labute approximate surface area is 203 Å². The molecule has 0 aliphatic carbocycles. The summed E-state index contributed by atoms with van der Waals surface area (Å²) < 4.78 is 16.1. The number of para-hydroxylation sites is 1. The van der Waals surface area contributed by atoms with Crippen molar-refractivity contribution in [3.63, 3.8) is 0 Å². The standard InChI is InChI=1S/C27H27N3O5/c1-27(2,16-35-26(32)24-20-10-5-6-11-21(20)29-30-24)18-8-7-9-19(15-18)28-25(31)17-12-13-22(33-3)23(14-17)34-4/h5-15H,16H2,1-4H3,(H,28,31)(H,29,30). The van der Waals surface area contributed by atoms with E-state index < -0.39 is 11.4 Å². The van der Waals surface area contributed by atoms with Gasteiger partial charge in [0.1, 0.15) is 6.61 Å². The first-order valence-electron chi connectivity index (χ1n) is 11.1. The first-order valence-corrected chi connectivity index (χ1v) is 11.1. The van der Waals surface area contributed by atoms with Gasteiger partial charge in [0.25, 0.3) is 5.91 Å². The molecule has 0 unspecified atom stereocenters. The Balaban J connectivity index is 1.45. The number of carbonyl (C=O) groups excluding carboxylic acids is 2. The van der Waals surface area contributed by atoms with Gasteiger partial charge in [0, 0.05) is 22.1 Å². The topological polar surface area (TPSA) is 103 Å². The smallest absolute Gasteiger partial charge is 0.359 e. The maximum atomic E-state index is 12.8. The zero-order valence-electron chi connectivity index (χ0n) is 20.0. The Bertz CT molecular complexity index is 1380. The lowest BCUT2D eigenvalue weighted by atomic mass is 9.85. The van der Waals surface area contributed by atoms with Gasteiger partial charge < -0.3 is 19.5 Å². The van der Waals surface area contributed by atoms with Gasteiger partial charge in [-0.25, -0.2) is 4.79 Å². The predicted octanol–water partition coefficient (Wildman–Crippen LogP) is 4.97. The molecule has 1 heterocycles. The first kappa shape index (κ1) is 23.8. The van der Waals surface area contributed by atoms with E-state index in [1.807, 2.05) is 56.3 Å². The fourth-order valence-electron chi connectivity index (χ4n) is 3.72. The minimum atomic E-state index is -0.508. The van der Waals surface area contributed by atoms with Gasteiger partial charge in [-0.1, -0.05) is 44.2 Å². The summed E-state index contributed by atoms with van der Waals surface area (Å²) in [6, 6.07) is 19.8. The van der Waals surface area contributed by atoms with Gasteiger partial charge in [-0.05, 0) is 42.0 Å². The Morgan fingerprint density at radius 1 is 0.943 bits per heavy atom. The van der Waals surface area contributed by atoms with Crippen molar-refractivity contribution in [3.8, 4) is 11.5 Å². The number of anilines is 1. The van der Waals surface area contributed by atoms with E-state index in [0.29, 0.717) is 22.7 Å². The van der Waals surface area contributed by atoms with Crippen LogP contribution in [0, 0.1) is 0 Å². The number of nitrogens with zero attached hydrogens (tertiary/aromatic N) is 1. The van der Waals surface area contributed by atoms with Crippen LogP contribution >= 0.6 is 0 Å². The molecule has 35 heavy (non-hydrogen) atoms. The van der Waals surface area contributed by atoms with E-state index in [1.165, 1.54) is 7.11 Å². The molecule has 0 atom stereocenters. The van der Waals surface area contributed by atoms with Crippen LogP contribution in [0.2, 0.25) is 0 Å². The molecule has 0 saturated carbocycles. The van der Waals surface area contributed by atoms with Gasteiger partial charge in [0.2, 0.25) is 0 Å². The van der Waals surface area contributed by atoms with Crippen molar-refractivity contribution in [1.82, 2.24) is 10.2 Å². The molecule has 0 spiro atoms. The van der Waals surface area contributed by atoms with Crippen molar-refractivity contribution in [2.75, 3.05) is 26.1 Å². The maximum absolute atomic E-state index is 12.8. The number of esters is 1. The highest BCUT2D eigenvalue weighted by Crippen LogP contribution is 2.29. The van der Waals surface area contributed by atoms with Gasteiger partial charge in [-0.3, -0.25) is 9.89 Å². The molecule has 0 aliphatic rings. The van der Waals surface area contributed by atoms with Gasteiger partial charge in [-0.2, -0.15) is 5.10 Å². The molecule has 4 aromatic rings. The van der Waals surface area contributed by atoms with E-state index >= 15 is 0 Å². The predicted molar refractivity (Wildman–Crippen MR) is 133 cm³/mol. The van der Waals surface area contributed by atoms with Gasteiger partial charge in [0.05, 0.1) is 19.7 Å². The Morgan fingerprint density at radius 2 is 1.71 bits per heavy atom. The summed E-state index contributed by atoms with van der Waals surface area (Å²) in [5.74, 6) is 0.248. The van der Waals surface area contributed by atoms with E-state index in [2.05, 4.69) is 15.5 Å². The van der Waals surface area contributed by atoms with Crippen molar-refractivity contribution in [2.24, 2.45) is 0 Å². The summed E-state index contributed by atoms with van der Waals surface area (Å²) >= 11 is 0. The zero-order valence-corrected chi connectivity index (χ0v) is 20.0. The second-order valence-corrected chi connectivity index (χ2v) is 8.68.